The van der Waals surface area contributed by atoms with Gasteiger partial charge < -0.3 is 0 Å². The Labute approximate surface area is 116 Å². The maximum atomic E-state index is 12.2. The molecule has 0 aromatic heterocycles. The van der Waals surface area contributed by atoms with Crippen LogP contribution < -0.4 is 0 Å². The molecular formula is C14H20F3NO2. The van der Waals surface area contributed by atoms with Crippen LogP contribution in [0.5, 0.6) is 0 Å². The van der Waals surface area contributed by atoms with Gasteiger partial charge in [-0.05, 0) is 31.3 Å². The predicted octanol–water partition coefficient (Wildman–Crippen LogP) is 4.03. The zero-order valence-electron chi connectivity index (χ0n) is 11.9. The van der Waals surface area contributed by atoms with Gasteiger partial charge in [0.05, 0.1) is 6.10 Å². The maximum Gasteiger partial charge on any atom is 0.522 e. The van der Waals surface area contributed by atoms with Crippen molar-refractivity contribution < 1.29 is 22.7 Å². The van der Waals surface area contributed by atoms with Crippen molar-refractivity contribution in [3.8, 4) is 0 Å². The van der Waals surface area contributed by atoms with Crippen LogP contribution in [0, 0.1) is 11.3 Å². The number of alkyl halides is 3. The molecule has 0 spiro atoms. The summed E-state index contributed by atoms with van der Waals surface area (Å²) in [6, 6.07) is 0. The van der Waals surface area contributed by atoms with Crippen LogP contribution in [-0.4, -0.2) is 24.0 Å². The largest absolute Gasteiger partial charge is 0.522 e. The third kappa shape index (κ3) is 4.44. The van der Waals surface area contributed by atoms with Gasteiger partial charge in [-0.15, -0.1) is 13.2 Å². The summed E-state index contributed by atoms with van der Waals surface area (Å²) >= 11 is 0. The van der Waals surface area contributed by atoms with Crippen LogP contribution in [-0.2, 0) is 9.53 Å². The molecule has 6 heteroatoms. The molecule has 20 heavy (non-hydrogen) atoms. The molecule has 3 nitrogen and oxygen atoms in total. The Morgan fingerprint density at radius 2 is 2.05 bits per heavy atom. The number of nitrogens with one attached hydrogen (secondary N) is 1. The number of hydrogen-bond donors (Lipinski definition) is 1. The van der Waals surface area contributed by atoms with Crippen LogP contribution >= 0.6 is 0 Å². The molecule has 0 aliphatic heterocycles. The average molecular weight is 291 g/mol. The molecule has 0 bridgehead atoms. The summed E-state index contributed by atoms with van der Waals surface area (Å²) in [4.78, 5) is 11.8. The second-order valence-corrected chi connectivity index (χ2v) is 5.26. The lowest BCUT2D eigenvalue weighted by molar-refractivity contribution is -0.343. The van der Waals surface area contributed by atoms with Crippen LogP contribution in [0.15, 0.2) is 11.1 Å². The number of carbonyl (C=O) groups excluding carboxylic acids is 1. The number of ketones is 1. The molecule has 1 N–H and O–H groups in total. The van der Waals surface area contributed by atoms with Crippen molar-refractivity contribution in [2.45, 2.75) is 58.9 Å². The van der Waals surface area contributed by atoms with Gasteiger partial charge in [-0.2, -0.15) is 0 Å². The van der Waals surface area contributed by atoms with Gasteiger partial charge in [-0.25, -0.2) is 0 Å². The second kappa shape index (κ2) is 6.52. The molecule has 1 aliphatic rings. The van der Waals surface area contributed by atoms with Gasteiger partial charge in [0, 0.05) is 5.92 Å². The van der Waals surface area contributed by atoms with Crippen molar-refractivity contribution in [3.05, 3.63) is 11.1 Å². The summed E-state index contributed by atoms with van der Waals surface area (Å²) in [5, 5.41) is 7.93. The van der Waals surface area contributed by atoms with Gasteiger partial charge in [0.1, 0.15) is 5.71 Å². The van der Waals surface area contributed by atoms with E-state index in [0.29, 0.717) is 18.4 Å². The Balaban J connectivity index is 2.87. The predicted molar refractivity (Wildman–Crippen MR) is 69.7 cm³/mol. The summed E-state index contributed by atoms with van der Waals surface area (Å²) in [7, 11) is 0. The molecular weight excluding hydrogens is 271 g/mol. The summed E-state index contributed by atoms with van der Waals surface area (Å²) in [6.45, 7) is 5.24. The molecule has 1 aliphatic carbocycles. The first kappa shape index (κ1) is 16.9. The van der Waals surface area contributed by atoms with Gasteiger partial charge >= 0.3 is 6.36 Å². The lowest BCUT2D eigenvalue weighted by Crippen LogP contribution is -2.30. The zero-order valence-corrected chi connectivity index (χ0v) is 11.9. The van der Waals surface area contributed by atoms with Crippen molar-refractivity contribution in [2.75, 3.05) is 0 Å². The highest BCUT2D eigenvalue weighted by Crippen LogP contribution is 2.33. The van der Waals surface area contributed by atoms with Gasteiger partial charge in [0.15, 0.2) is 5.78 Å². The van der Waals surface area contributed by atoms with Crippen molar-refractivity contribution in [1.29, 1.82) is 5.41 Å². The summed E-state index contributed by atoms with van der Waals surface area (Å²) in [6.07, 6.45) is -4.40. The first-order valence-electron chi connectivity index (χ1n) is 6.74. The van der Waals surface area contributed by atoms with Crippen LogP contribution in [0.25, 0.3) is 0 Å². The van der Waals surface area contributed by atoms with Crippen molar-refractivity contribution in [2.24, 2.45) is 5.92 Å². The minimum atomic E-state index is -4.64. The smallest absolute Gasteiger partial charge is 0.297 e. The molecule has 0 heterocycles. The van der Waals surface area contributed by atoms with Crippen molar-refractivity contribution in [1.82, 2.24) is 0 Å². The van der Waals surface area contributed by atoms with Gasteiger partial charge in [0.2, 0.25) is 0 Å². The first-order valence-corrected chi connectivity index (χ1v) is 6.74. The van der Waals surface area contributed by atoms with E-state index in [1.165, 1.54) is 0 Å². The zero-order chi connectivity index (χ0) is 15.5. The molecule has 114 valence electrons. The quantitative estimate of drug-likeness (QED) is 0.777. The first-order chi connectivity index (χ1) is 9.15. The van der Waals surface area contributed by atoms with E-state index in [-0.39, 0.29) is 30.3 Å². The number of hydrogen-bond acceptors (Lipinski definition) is 3. The fourth-order valence-corrected chi connectivity index (χ4v) is 2.37. The third-order valence-electron chi connectivity index (χ3n) is 3.42. The number of carbonyl (C=O) groups is 1. The number of halogens is 3. The Hall–Kier alpha value is -1.17. The van der Waals surface area contributed by atoms with Gasteiger partial charge in [-0.1, -0.05) is 26.3 Å². The SMILES string of the molecule is CCC1=C(C(=N)C(=O)C(C)C)CCC(OC(F)(F)F)C1. The highest BCUT2D eigenvalue weighted by molar-refractivity contribution is 6.45. The van der Waals surface area contributed by atoms with Crippen LogP contribution in [0.1, 0.15) is 46.5 Å². The van der Waals surface area contributed by atoms with Crippen LogP contribution in [0.4, 0.5) is 13.2 Å². The minimum Gasteiger partial charge on any atom is -0.297 e. The molecule has 1 rings (SSSR count). The average Bonchev–Trinajstić information content (AvgIpc) is 2.34. The molecule has 0 fully saturated rings. The van der Waals surface area contributed by atoms with Crippen LogP contribution in [0.3, 0.4) is 0 Å². The standard InChI is InChI=1S/C14H20F3NO2/c1-4-9-7-10(20-14(15,16)17)5-6-11(9)12(18)13(19)8(2)3/h8,10,18H,4-7H2,1-3H3. The molecule has 1 unspecified atom stereocenters. The molecule has 0 aromatic carbocycles. The van der Waals surface area contributed by atoms with Crippen LogP contribution in [0.2, 0.25) is 0 Å². The van der Waals surface area contributed by atoms with E-state index in [9.17, 15) is 18.0 Å². The number of rotatable bonds is 5. The molecule has 0 radical (unpaired) electrons. The Morgan fingerprint density at radius 1 is 1.45 bits per heavy atom. The van der Waals surface area contributed by atoms with E-state index in [2.05, 4.69) is 4.74 Å². The highest BCUT2D eigenvalue weighted by Gasteiger charge is 2.36. The molecule has 1 atom stereocenters. The molecule has 0 saturated heterocycles. The fraction of sp³-hybridized carbons (Fsp3) is 0.714. The van der Waals surface area contributed by atoms with Gasteiger partial charge in [0.25, 0.3) is 0 Å². The summed E-state index contributed by atoms with van der Waals surface area (Å²) < 4.78 is 40.7. The fourth-order valence-electron chi connectivity index (χ4n) is 2.37. The minimum absolute atomic E-state index is 0.0534. The molecule has 0 saturated carbocycles. The van der Waals surface area contributed by atoms with Crippen molar-refractivity contribution >= 4 is 11.5 Å². The van der Waals surface area contributed by atoms with E-state index in [0.717, 1.165) is 5.57 Å². The van der Waals surface area contributed by atoms with E-state index in [1.807, 2.05) is 6.92 Å². The number of allylic oxidation sites excluding steroid dienone is 1. The molecule has 0 amide bonds. The summed E-state index contributed by atoms with van der Waals surface area (Å²) in [5.74, 6) is -0.543. The normalized spacial score (nSPS) is 20.4. The molecule has 0 aromatic rings. The monoisotopic (exact) mass is 291 g/mol. The van der Waals surface area contributed by atoms with E-state index >= 15 is 0 Å². The maximum absolute atomic E-state index is 12.2. The lowest BCUT2D eigenvalue weighted by atomic mass is 9.83. The van der Waals surface area contributed by atoms with Crippen molar-refractivity contribution in [3.63, 3.8) is 0 Å². The third-order valence-corrected chi connectivity index (χ3v) is 3.42. The lowest BCUT2D eigenvalue weighted by Gasteiger charge is -2.28. The van der Waals surface area contributed by atoms with E-state index < -0.39 is 12.5 Å². The summed E-state index contributed by atoms with van der Waals surface area (Å²) in [5.41, 5.74) is 1.28. The van der Waals surface area contributed by atoms with Gasteiger partial charge in [-0.3, -0.25) is 14.9 Å². The number of ether oxygens (including phenoxy) is 1. The Morgan fingerprint density at radius 3 is 2.50 bits per heavy atom. The Bertz CT molecular complexity index is 425. The second-order valence-electron chi connectivity index (χ2n) is 5.26. The number of Topliss-reactive ketones (excluding diaryl/α,β-unsaturated/α-hetero) is 1. The highest BCUT2D eigenvalue weighted by atomic mass is 19.4. The Kier molecular flexibility index (Phi) is 5.50. The van der Waals surface area contributed by atoms with E-state index in [1.54, 1.807) is 13.8 Å². The van der Waals surface area contributed by atoms with E-state index in [4.69, 9.17) is 5.41 Å². The topological polar surface area (TPSA) is 50.2 Å².